The number of para-hydroxylation sites is 7. The van der Waals surface area contributed by atoms with Crippen LogP contribution in [0, 0.1) is 0 Å². The van der Waals surface area contributed by atoms with E-state index in [0.717, 1.165) is 72.5 Å². The number of rotatable bonds is 7. The summed E-state index contributed by atoms with van der Waals surface area (Å²) in [5.74, 6) is 0. The number of aromatic nitrogens is 1. The second-order valence-electron chi connectivity index (χ2n) is 16.8. The van der Waals surface area contributed by atoms with Gasteiger partial charge in [-0.05, 0) is 87.3 Å². The number of fused-ring (bicyclic) bond motifs is 9. The predicted molar refractivity (Wildman–Crippen MR) is 274 cm³/mol. The lowest BCUT2D eigenvalue weighted by molar-refractivity contribution is 0.670. The Bertz CT molecular complexity index is 3910. The fourth-order valence-electron chi connectivity index (χ4n) is 10.3. The molecule has 2 heterocycles. The van der Waals surface area contributed by atoms with Crippen LogP contribution in [0.1, 0.15) is 0 Å². The van der Waals surface area contributed by atoms with Gasteiger partial charge in [-0.15, -0.1) is 0 Å². The molecule has 65 heavy (non-hydrogen) atoms. The van der Waals surface area contributed by atoms with E-state index in [1.807, 2.05) is 12.1 Å². The third kappa shape index (κ3) is 5.90. The maximum absolute atomic E-state index is 6.53. The fraction of sp³-hybridized carbons (Fsp3) is 0. The van der Waals surface area contributed by atoms with Gasteiger partial charge in [0.2, 0.25) is 0 Å². The minimum atomic E-state index is 0.897. The molecule has 2 aromatic heterocycles. The summed E-state index contributed by atoms with van der Waals surface area (Å²) in [6.07, 6.45) is 0. The number of furan rings is 1. The second kappa shape index (κ2) is 15.0. The molecular weight excluding hydrogens is 789 g/mol. The Kier molecular flexibility index (Phi) is 8.53. The summed E-state index contributed by atoms with van der Waals surface area (Å²) in [4.78, 5) is 2.46. The van der Waals surface area contributed by atoms with Crippen molar-refractivity contribution in [2.75, 3.05) is 4.90 Å². The molecule has 13 rings (SSSR count). The molecular formula is C62H40N2O. The third-order valence-electron chi connectivity index (χ3n) is 13.2. The van der Waals surface area contributed by atoms with E-state index in [9.17, 15) is 0 Å². The molecule has 0 amide bonds. The van der Waals surface area contributed by atoms with E-state index in [1.54, 1.807) is 0 Å². The first-order valence-electron chi connectivity index (χ1n) is 22.3. The summed E-state index contributed by atoms with van der Waals surface area (Å²) in [6, 6.07) is 87.8. The van der Waals surface area contributed by atoms with E-state index in [2.05, 4.69) is 240 Å². The summed E-state index contributed by atoms with van der Waals surface area (Å²) in [6.45, 7) is 0. The van der Waals surface area contributed by atoms with Gasteiger partial charge in [-0.1, -0.05) is 188 Å². The quantitative estimate of drug-likeness (QED) is 0.149. The standard InChI is InChI=1S/C62H40N2O/c1-2-19-44-42(18-1)40-55(47-21-4-3-20-46(44)47)52-26-9-12-31-57(52)63(43-38-36-41(37-39-43)45-28-17-29-54-53-27-10-16-35-61(53)65-62(45)54)56-30-11-5-22-48(56)49-23-6-13-32-58(49)64-59-33-14-7-24-50(59)51-25-8-15-34-60(51)64/h1-40H. The van der Waals surface area contributed by atoms with Crippen molar-refractivity contribution in [3.05, 3.63) is 243 Å². The normalized spacial score (nSPS) is 11.7. The number of hydrogen-bond acceptors (Lipinski definition) is 2. The van der Waals surface area contributed by atoms with Crippen LogP contribution in [0.5, 0.6) is 0 Å². The Balaban J connectivity index is 1.05. The van der Waals surface area contributed by atoms with Crippen molar-refractivity contribution in [3.8, 4) is 39.1 Å². The van der Waals surface area contributed by atoms with E-state index in [-0.39, 0.29) is 0 Å². The summed E-state index contributed by atoms with van der Waals surface area (Å²) in [7, 11) is 0. The van der Waals surface area contributed by atoms with E-state index in [4.69, 9.17) is 4.42 Å². The Morgan fingerprint density at radius 2 is 0.831 bits per heavy atom. The van der Waals surface area contributed by atoms with Crippen molar-refractivity contribution in [2.45, 2.75) is 0 Å². The van der Waals surface area contributed by atoms with Crippen molar-refractivity contribution in [1.29, 1.82) is 0 Å². The number of anilines is 3. The van der Waals surface area contributed by atoms with Crippen LogP contribution in [-0.2, 0) is 0 Å². The van der Waals surface area contributed by atoms with Crippen molar-refractivity contribution in [1.82, 2.24) is 4.57 Å². The monoisotopic (exact) mass is 828 g/mol. The van der Waals surface area contributed by atoms with Crippen molar-refractivity contribution >= 4 is 82.4 Å². The average molecular weight is 829 g/mol. The lowest BCUT2D eigenvalue weighted by atomic mass is 9.91. The first kappa shape index (κ1) is 36.9. The maximum Gasteiger partial charge on any atom is 0.143 e. The van der Waals surface area contributed by atoms with Gasteiger partial charge in [0.25, 0.3) is 0 Å². The molecule has 0 unspecified atom stereocenters. The van der Waals surface area contributed by atoms with Crippen LogP contribution in [0.4, 0.5) is 17.1 Å². The zero-order chi connectivity index (χ0) is 42.8. The van der Waals surface area contributed by atoms with Crippen LogP contribution in [0.2, 0.25) is 0 Å². The number of hydrogen-bond donors (Lipinski definition) is 0. The van der Waals surface area contributed by atoms with Crippen LogP contribution in [0.15, 0.2) is 247 Å². The van der Waals surface area contributed by atoms with Gasteiger partial charge in [-0.25, -0.2) is 0 Å². The molecule has 0 atom stereocenters. The molecule has 0 saturated heterocycles. The number of nitrogens with zero attached hydrogens (tertiary/aromatic N) is 2. The van der Waals surface area contributed by atoms with E-state index in [1.165, 1.54) is 48.9 Å². The molecule has 0 bridgehead atoms. The Morgan fingerprint density at radius 3 is 1.55 bits per heavy atom. The summed E-state index contributed by atoms with van der Waals surface area (Å²) in [5.41, 5.74) is 15.3. The summed E-state index contributed by atoms with van der Waals surface area (Å²) < 4.78 is 8.97. The second-order valence-corrected chi connectivity index (χ2v) is 16.8. The SMILES string of the molecule is c1ccc(N(c2ccc(-c3cccc4c3oc3ccccc34)cc2)c2ccccc2-c2cc3ccccc3c3ccccc23)c(-c2ccccc2-n2c3ccccc3c3ccccc32)c1. The van der Waals surface area contributed by atoms with Crippen molar-refractivity contribution in [2.24, 2.45) is 0 Å². The Hall–Kier alpha value is -8.66. The molecule has 0 fully saturated rings. The number of benzene rings is 11. The first-order chi connectivity index (χ1) is 32.3. The minimum absolute atomic E-state index is 0.897. The molecule has 3 heteroatoms. The molecule has 0 spiro atoms. The molecule has 0 radical (unpaired) electrons. The van der Waals surface area contributed by atoms with Gasteiger partial charge < -0.3 is 13.9 Å². The minimum Gasteiger partial charge on any atom is -0.455 e. The van der Waals surface area contributed by atoms with Gasteiger partial charge >= 0.3 is 0 Å². The first-order valence-corrected chi connectivity index (χ1v) is 22.3. The summed E-state index contributed by atoms with van der Waals surface area (Å²) in [5, 5.41) is 9.66. The van der Waals surface area contributed by atoms with E-state index in [0.29, 0.717) is 0 Å². The molecule has 304 valence electrons. The molecule has 11 aromatic carbocycles. The topological polar surface area (TPSA) is 21.3 Å². The molecule has 0 N–H and O–H groups in total. The van der Waals surface area contributed by atoms with Crippen LogP contribution in [-0.4, -0.2) is 4.57 Å². The van der Waals surface area contributed by atoms with Crippen molar-refractivity contribution < 1.29 is 4.42 Å². The highest BCUT2D eigenvalue weighted by Crippen LogP contribution is 2.48. The maximum atomic E-state index is 6.53. The Morgan fingerprint density at radius 1 is 0.323 bits per heavy atom. The van der Waals surface area contributed by atoms with Crippen LogP contribution < -0.4 is 4.90 Å². The van der Waals surface area contributed by atoms with Gasteiger partial charge in [-0.3, -0.25) is 0 Å². The van der Waals surface area contributed by atoms with E-state index < -0.39 is 0 Å². The highest BCUT2D eigenvalue weighted by molar-refractivity contribution is 6.16. The predicted octanol–water partition coefficient (Wildman–Crippen LogP) is 17.5. The largest absolute Gasteiger partial charge is 0.455 e. The molecule has 3 nitrogen and oxygen atoms in total. The molecule has 0 aliphatic carbocycles. The molecule has 13 aromatic rings. The highest BCUT2D eigenvalue weighted by Gasteiger charge is 2.24. The fourth-order valence-corrected chi connectivity index (χ4v) is 10.3. The average Bonchev–Trinajstić information content (AvgIpc) is 3.93. The lowest BCUT2D eigenvalue weighted by Gasteiger charge is -2.31. The van der Waals surface area contributed by atoms with Crippen LogP contribution >= 0.6 is 0 Å². The zero-order valence-electron chi connectivity index (χ0n) is 35.4. The highest BCUT2D eigenvalue weighted by atomic mass is 16.3. The van der Waals surface area contributed by atoms with E-state index >= 15 is 0 Å². The Labute approximate surface area is 376 Å². The molecule has 0 saturated carbocycles. The third-order valence-corrected chi connectivity index (χ3v) is 13.2. The van der Waals surface area contributed by atoms with Gasteiger partial charge in [0.15, 0.2) is 0 Å². The lowest BCUT2D eigenvalue weighted by Crippen LogP contribution is -2.13. The molecule has 0 aliphatic heterocycles. The smallest absolute Gasteiger partial charge is 0.143 e. The van der Waals surface area contributed by atoms with Crippen LogP contribution in [0.25, 0.3) is 104 Å². The van der Waals surface area contributed by atoms with Gasteiger partial charge in [0.1, 0.15) is 11.2 Å². The van der Waals surface area contributed by atoms with Crippen LogP contribution in [0.3, 0.4) is 0 Å². The molecule has 0 aliphatic rings. The van der Waals surface area contributed by atoms with Gasteiger partial charge in [0, 0.05) is 49.5 Å². The zero-order valence-corrected chi connectivity index (χ0v) is 35.4. The van der Waals surface area contributed by atoms with Gasteiger partial charge in [0.05, 0.1) is 28.1 Å². The van der Waals surface area contributed by atoms with Crippen molar-refractivity contribution in [3.63, 3.8) is 0 Å². The van der Waals surface area contributed by atoms with Gasteiger partial charge in [-0.2, -0.15) is 0 Å². The summed E-state index contributed by atoms with van der Waals surface area (Å²) >= 11 is 0.